The summed E-state index contributed by atoms with van der Waals surface area (Å²) in [5.41, 5.74) is -0.362. The molecule has 0 aliphatic carbocycles. The summed E-state index contributed by atoms with van der Waals surface area (Å²) in [5.74, 6) is -0.495. The monoisotopic (exact) mass is 392 g/mol. The molecule has 0 fully saturated rings. The van der Waals surface area contributed by atoms with E-state index in [2.05, 4.69) is 20.6 Å². The van der Waals surface area contributed by atoms with Crippen LogP contribution >= 0.6 is 11.6 Å². The van der Waals surface area contributed by atoms with Crippen molar-refractivity contribution in [2.24, 2.45) is 0 Å². The number of rotatable bonds is 4. The van der Waals surface area contributed by atoms with E-state index in [4.69, 9.17) is 11.6 Å². The maximum Gasteiger partial charge on any atom is 0.417 e. The van der Waals surface area contributed by atoms with Crippen LogP contribution in [0.1, 0.15) is 16.1 Å². The summed E-state index contributed by atoms with van der Waals surface area (Å²) in [6.45, 7) is 0. The zero-order chi connectivity index (χ0) is 19.4. The molecule has 3 rings (SSSR count). The molecule has 0 aliphatic rings. The van der Waals surface area contributed by atoms with Crippen LogP contribution in [0.3, 0.4) is 0 Å². The summed E-state index contributed by atoms with van der Waals surface area (Å²) >= 11 is 5.57. The lowest BCUT2D eigenvalue weighted by molar-refractivity contribution is -0.137. The molecule has 2 aromatic carbocycles. The fraction of sp³-hybridized carbons (Fsp3) is 0.0556. The topological polar surface area (TPSA) is 66.9 Å². The quantitative estimate of drug-likeness (QED) is 0.644. The van der Waals surface area contributed by atoms with Crippen molar-refractivity contribution in [1.29, 1.82) is 0 Å². The molecule has 27 heavy (non-hydrogen) atoms. The molecule has 3 aromatic rings. The second-order valence-electron chi connectivity index (χ2n) is 5.40. The smallest absolute Gasteiger partial charge is 0.324 e. The maximum absolute atomic E-state index is 12.9. The van der Waals surface area contributed by atoms with Crippen LogP contribution in [0, 0.1) is 0 Å². The Morgan fingerprint density at radius 1 is 1.00 bits per heavy atom. The van der Waals surface area contributed by atoms with E-state index in [-0.39, 0.29) is 17.3 Å². The normalized spacial score (nSPS) is 11.1. The Balaban J connectivity index is 1.78. The number of hydrogen-bond donors (Lipinski definition) is 2. The molecule has 138 valence electrons. The number of amides is 1. The number of carbonyl (C=O) groups is 1. The number of alkyl halides is 3. The summed E-state index contributed by atoms with van der Waals surface area (Å²) in [5, 5.41) is 4.86. The first kappa shape index (κ1) is 18.7. The number of nitrogens with zero attached hydrogens (tertiary/aromatic N) is 2. The average molecular weight is 393 g/mol. The number of para-hydroxylation sites is 1. The van der Waals surface area contributed by atoms with Gasteiger partial charge in [0.25, 0.3) is 5.91 Å². The lowest BCUT2D eigenvalue weighted by Gasteiger charge is -2.12. The second kappa shape index (κ2) is 7.63. The van der Waals surface area contributed by atoms with Gasteiger partial charge in [-0.2, -0.15) is 13.2 Å². The average Bonchev–Trinajstić information content (AvgIpc) is 2.63. The van der Waals surface area contributed by atoms with Gasteiger partial charge < -0.3 is 10.6 Å². The van der Waals surface area contributed by atoms with Crippen molar-refractivity contribution in [3.63, 3.8) is 0 Å². The third kappa shape index (κ3) is 4.73. The summed E-state index contributed by atoms with van der Waals surface area (Å²) in [6, 6.07) is 13.5. The predicted octanol–water partition coefficient (Wildman–Crippen LogP) is 5.14. The fourth-order valence-electron chi connectivity index (χ4n) is 2.21. The van der Waals surface area contributed by atoms with E-state index >= 15 is 0 Å². The SMILES string of the molecule is O=C(Nc1ccc(Cl)c(C(F)(F)F)c1)c1ccnc(Nc2ccccc2)n1. The van der Waals surface area contributed by atoms with Gasteiger partial charge in [0, 0.05) is 17.6 Å². The Kier molecular flexibility index (Phi) is 5.27. The zero-order valence-electron chi connectivity index (χ0n) is 13.6. The number of nitrogens with one attached hydrogen (secondary N) is 2. The third-order valence-corrected chi connectivity index (χ3v) is 3.78. The van der Waals surface area contributed by atoms with E-state index in [9.17, 15) is 18.0 Å². The number of hydrogen-bond acceptors (Lipinski definition) is 4. The van der Waals surface area contributed by atoms with Crippen LogP contribution in [0.5, 0.6) is 0 Å². The highest BCUT2D eigenvalue weighted by molar-refractivity contribution is 6.31. The molecular weight excluding hydrogens is 381 g/mol. The molecule has 9 heteroatoms. The molecule has 0 bridgehead atoms. The highest BCUT2D eigenvalue weighted by atomic mass is 35.5. The van der Waals surface area contributed by atoms with Crippen LogP contribution in [0.4, 0.5) is 30.5 Å². The first-order valence-corrected chi connectivity index (χ1v) is 8.04. The van der Waals surface area contributed by atoms with Crippen LogP contribution in [-0.4, -0.2) is 15.9 Å². The number of halogens is 4. The van der Waals surface area contributed by atoms with Gasteiger partial charge in [0.2, 0.25) is 5.95 Å². The number of aromatic nitrogens is 2. The van der Waals surface area contributed by atoms with Crippen molar-refractivity contribution < 1.29 is 18.0 Å². The minimum atomic E-state index is -4.63. The maximum atomic E-state index is 12.9. The minimum absolute atomic E-state index is 0.00746. The van der Waals surface area contributed by atoms with Gasteiger partial charge >= 0.3 is 6.18 Å². The molecule has 0 unspecified atom stereocenters. The highest BCUT2D eigenvalue weighted by Crippen LogP contribution is 2.36. The van der Waals surface area contributed by atoms with Crippen LogP contribution in [0.25, 0.3) is 0 Å². The van der Waals surface area contributed by atoms with Crippen molar-refractivity contribution in [2.75, 3.05) is 10.6 Å². The van der Waals surface area contributed by atoms with Gasteiger partial charge in [-0.25, -0.2) is 9.97 Å². The van der Waals surface area contributed by atoms with Crippen molar-refractivity contribution in [1.82, 2.24) is 9.97 Å². The van der Waals surface area contributed by atoms with E-state index in [0.29, 0.717) is 0 Å². The Hall–Kier alpha value is -3.13. The van der Waals surface area contributed by atoms with Gasteiger partial charge in [-0.1, -0.05) is 29.8 Å². The van der Waals surface area contributed by atoms with Crippen LogP contribution in [0.15, 0.2) is 60.8 Å². The first-order valence-electron chi connectivity index (χ1n) is 7.66. The van der Waals surface area contributed by atoms with E-state index in [1.54, 1.807) is 12.1 Å². The van der Waals surface area contributed by atoms with Crippen LogP contribution in [-0.2, 0) is 6.18 Å². The Labute approximate surface area is 157 Å². The lowest BCUT2D eigenvalue weighted by Crippen LogP contribution is -2.15. The number of benzene rings is 2. The van der Waals surface area contributed by atoms with E-state index in [1.165, 1.54) is 18.3 Å². The van der Waals surface area contributed by atoms with Crippen molar-refractivity contribution in [3.8, 4) is 0 Å². The molecule has 0 radical (unpaired) electrons. The molecule has 0 aliphatic heterocycles. The molecule has 0 saturated heterocycles. The van der Waals surface area contributed by atoms with Gasteiger partial charge in [0.1, 0.15) is 5.69 Å². The van der Waals surface area contributed by atoms with Gasteiger partial charge in [-0.3, -0.25) is 4.79 Å². The molecule has 1 heterocycles. The van der Waals surface area contributed by atoms with Crippen LogP contribution in [0.2, 0.25) is 5.02 Å². The summed E-state index contributed by atoms with van der Waals surface area (Å²) in [6.07, 6.45) is -3.25. The highest BCUT2D eigenvalue weighted by Gasteiger charge is 2.33. The molecule has 0 spiro atoms. The fourth-order valence-corrected chi connectivity index (χ4v) is 2.44. The van der Waals surface area contributed by atoms with Crippen molar-refractivity contribution >= 4 is 34.8 Å². The lowest BCUT2D eigenvalue weighted by atomic mass is 10.2. The van der Waals surface area contributed by atoms with Gasteiger partial charge in [0.15, 0.2) is 0 Å². The summed E-state index contributed by atoms with van der Waals surface area (Å²) in [4.78, 5) is 20.4. The largest absolute Gasteiger partial charge is 0.417 e. The molecule has 5 nitrogen and oxygen atoms in total. The molecular formula is C18H12ClF3N4O. The molecule has 1 amide bonds. The predicted molar refractivity (Wildman–Crippen MR) is 96.2 cm³/mol. The van der Waals surface area contributed by atoms with E-state index < -0.39 is 22.7 Å². The van der Waals surface area contributed by atoms with E-state index in [1.807, 2.05) is 18.2 Å². The third-order valence-electron chi connectivity index (χ3n) is 3.45. The van der Waals surface area contributed by atoms with Crippen molar-refractivity contribution in [3.05, 3.63) is 77.1 Å². The van der Waals surface area contributed by atoms with Crippen molar-refractivity contribution in [2.45, 2.75) is 6.18 Å². The zero-order valence-corrected chi connectivity index (χ0v) is 14.3. The van der Waals surface area contributed by atoms with Crippen LogP contribution < -0.4 is 10.6 Å². The van der Waals surface area contributed by atoms with Gasteiger partial charge in [-0.05, 0) is 36.4 Å². The molecule has 1 aromatic heterocycles. The number of carbonyl (C=O) groups excluding carboxylic acids is 1. The molecule has 2 N–H and O–H groups in total. The molecule has 0 saturated carbocycles. The minimum Gasteiger partial charge on any atom is -0.324 e. The summed E-state index contributed by atoms with van der Waals surface area (Å²) < 4.78 is 38.8. The van der Waals surface area contributed by atoms with Gasteiger partial charge in [-0.15, -0.1) is 0 Å². The number of anilines is 3. The molecule has 0 atom stereocenters. The van der Waals surface area contributed by atoms with Gasteiger partial charge in [0.05, 0.1) is 10.6 Å². The second-order valence-corrected chi connectivity index (χ2v) is 5.81. The van der Waals surface area contributed by atoms with E-state index in [0.717, 1.165) is 17.8 Å². The Morgan fingerprint density at radius 2 is 1.74 bits per heavy atom. The Bertz CT molecular complexity index is 964. The standard InChI is InChI=1S/C18H12ClF3N4O/c19-14-7-6-12(10-13(14)18(20,21)22)24-16(27)15-8-9-23-17(26-15)25-11-4-2-1-3-5-11/h1-10H,(H,24,27)(H,23,25,26). The Morgan fingerprint density at radius 3 is 2.44 bits per heavy atom. The first-order chi connectivity index (χ1) is 12.8. The summed E-state index contributed by atoms with van der Waals surface area (Å²) in [7, 11) is 0.